The zero-order valence-electron chi connectivity index (χ0n) is 7.97. The van der Waals surface area contributed by atoms with Crippen molar-refractivity contribution in [3.63, 3.8) is 0 Å². The number of hydrogen-bond acceptors (Lipinski definition) is 1. The molecule has 2 unspecified atom stereocenters. The Labute approximate surface area is 95.9 Å². The summed E-state index contributed by atoms with van der Waals surface area (Å²) in [6, 6.07) is 9.47. The maximum Gasteiger partial charge on any atom is 0.207 e. The van der Waals surface area contributed by atoms with Gasteiger partial charge in [-0.1, -0.05) is 37.3 Å². The largest absolute Gasteiger partial charge is 0.344 e. The van der Waals surface area contributed by atoms with Gasteiger partial charge < -0.3 is 4.89 Å². The second-order valence-electron chi connectivity index (χ2n) is 3.16. The molecule has 0 aromatic heterocycles. The zero-order valence-corrected chi connectivity index (χ0v) is 8.87. The van der Waals surface area contributed by atoms with Gasteiger partial charge in [0, 0.05) is 6.16 Å². The Kier molecular flexibility index (Phi) is 5.71. The lowest BCUT2D eigenvalue weighted by Gasteiger charge is -2.17. The van der Waals surface area contributed by atoms with Crippen LogP contribution in [0.4, 0.5) is 0 Å². The van der Waals surface area contributed by atoms with Crippen LogP contribution in [0.1, 0.15) is 25.1 Å². The maximum absolute atomic E-state index is 11.6. The van der Waals surface area contributed by atoms with Crippen LogP contribution in [0.3, 0.4) is 0 Å². The van der Waals surface area contributed by atoms with Gasteiger partial charge in [-0.2, -0.15) is 0 Å². The highest BCUT2D eigenvalue weighted by Gasteiger charge is 2.25. The minimum Gasteiger partial charge on any atom is -0.344 e. The van der Waals surface area contributed by atoms with Crippen molar-refractivity contribution in [3.05, 3.63) is 35.9 Å². The fraction of sp³-hybridized carbons (Fsp3) is 0.400. The van der Waals surface area contributed by atoms with Crippen LogP contribution in [0.5, 0.6) is 0 Å². The first-order valence-corrected chi connectivity index (χ1v) is 6.35. The van der Waals surface area contributed by atoms with Crippen LogP contribution in [0.15, 0.2) is 30.3 Å². The van der Waals surface area contributed by atoms with Crippen molar-refractivity contribution in [2.24, 2.45) is 0 Å². The monoisotopic (exact) mass is 228 g/mol. The molecule has 0 fully saturated rings. The second-order valence-corrected chi connectivity index (χ2v) is 6.08. The molecular weight excluding hydrogens is 210 g/mol. The molecule has 0 aliphatic heterocycles. The van der Waals surface area contributed by atoms with Gasteiger partial charge in [0.15, 0.2) is 17.4 Å². The summed E-state index contributed by atoms with van der Waals surface area (Å²) in [6.07, 6.45) is 0.336. The van der Waals surface area contributed by atoms with E-state index in [-0.39, 0.29) is 23.0 Å². The minimum absolute atomic E-state index is 0. The van der Waals surface area contributed by atoms with Crippen LogP contribution in [-0.4, -0.2) is 28.4 Å². The molecular formula is C10H18AlO2P. The summed E-state index contributed by atoms with van der Waals surface area (Å²) >= 11 is 0. The molecule has 0 aliphatic carbocycles. The predicted molar refractivity (Wildman–Crippen MR) is 65.2 cm³/mol. The van der Waals surface area contributed by atoms with Gasteiger partial charge in [-0.25, -0.2) is 0 Å². The summed E-state index contributed by atoms with van der Waals surface area (Å²) < 4.78 is 11.6. The molecule has 0 saturated carbocycles. The first kappa shape index (κ1) is 13.9. The van der Waals surface area contributed by atoms with Crippen molar-refractivity contribution >= 4 is 24.7 Å². The third-order valence-corrected chi connectivity index (χ3v) is 4.75. The van der Waals surface area contributed by atoms with Crippen LogP contribution < -0.4 is 0 Å². The van der Waals surface area contributed by atoms with E-state index in [1.54, 1.807) is 13.8 Å². The van der Waals surface area contributed by atoms with Crippen LogP contribution in [0, 0.1) is 0 Å². The molecule has 0 heterocycles. The van der Waals surface area contributed by atoms with Gasteiger partial charge in [0.1, 0.15) is 0 Å². The highest BCUT2D eigenvalue weighted by molar-refractivity contribution is 7.58. The standard InChI is InChI=1S/C10H15O2P.Al.3H/c1-3-13(11,12)9(2)10-7-5-4-6-8-10;;;;/h4-9H,3H2,1-2H3,(H,11,12);;;;. The molecule has 0 spiro atoms. The lowest BCUT2D eigenvalue weighted by atomic mass is 10.2. The summed E-state index contributed by atoms with van der Waals surface area (Å²) in [6.45, 7) is 3.56. The van der Waals surface area contributed by atoms with E-state index in [1.165, 1.54) is 0 Å². The number of hydrogen-bond donors (Lipinski definition) is 1. The van der Waals surface area contributed by atoms with Crippen molar-refractivity contribution in [1.29, 1.82) is 0 Å². The predicted octanol–water partition coefficient (Wildman–Crippen LogP) is 1.85. The van der Waals surface area contributed by atoms with Crippen LogP contribution in [0.25, 0.3) is 0 Å². The molecule has 0 radical (unpaired) electrons. The van der Waals surface area contributed by atoms with Gasteiger partial charge in [-0.3, -0.25) is 4.57 Å². The topological polar surface area (TPSA) is 37.3 Å². The van der Waals surface area contributed by atoms with Gasteiger partial charge in [0.2, 0.25) is 7.37 Å². The van der Waals surface area contributed by atoms with Crippen molar-refractivity contribution in [1.82, 2.24) is 0 Å². The van der Waals surface area contributed by atoms with E-state index >= 15 is 0 Å². The van der Waals surface area contributed by atoms with E-state index in [0.29, 0.717) is 6.16 Å². The first-order chi connectivity index (χ1) is 6.08. The van der Waals surface area contributed by atoms with Gasteiger partial charge in [-0.15, -0.1) is 0 Å². The Hall–Kier alpha value is -0.0575. The average Bonchev–Trinajstić information content (AvgIpc) is 2.18. The van der Waals surface area contributed by atoms with Gasteiger partial charge in [0.25, 0.3) is 0 Å². The minimum atomic E-state index is -2.99. The third kappa shape index (κ3) is 3.26. The van der Waals surface area contributed by atoms with E-state index in [4.69, 9.17) is 0 Å². The van der Waals surface area contributed by atoms with Crippen LogP contribution >= 0.6 is 7.37 Å². The fourth-order valence-electron chi connectivity index (χ4n) is 1.24. The van der Waals surface area contributed by atoms with Crippen molar-refractivity contribution in [2.75, 3.05) is 6.16 Å². The Balaban J connectivity index is 0.00000169. The maximum atomic E-state index is 11.6. The summed E-state index contributed by atoms with van der Waals surface area (Å²) in [5.41, 5.74) is 0.689. The lowest BCUT2D eigenvalue weighted by Crippen LogP contribution is -1.96. The molecule has 2 atom stereocenters. The van der Waals surface area contributed by atoms with Crippen molar-refractivity contribution < 1.29 is 9.46 Å². The van der Waals surface area contributed by atoms with E-state index < -0.39 is 7.37 Å². The smallest absolute Gasteiger partial charge is 0.207 e. The normalized spacial score (nSPS) is 16.5. The van der Waals surface area contributed by atoms with E-state index in [2.05, 4.69) is 0 Å². The van der Waals surface area contributed by atoms with Crippen molar-refractivity contribution in [3.8, 4) is 0 Å². The summed E-state index contributed by atoms with van der Waals surface area (Å²) in [4.78, 5) is 9.60. The molecule has 1 aromatic carbocycles. The molecule has 78 valence electrons. The average molecular weight is 228 g/mol. The molecule has 4 heteroatoms. The Morgan fingerprint density at radius 1 is 1.36 bits per heavy atom. The lowest BCUT2D eigenvalue weighted by molar-refractivity contribution is 0.468. The first-order valence-electron chi connectivity index (χ1n) is 4.44. The molecule has 0 amide bonds. The Morgan fingerprint density at radius 2 is 1.86 bits per heavy atom. The molecule has 0 bridgehead atoms. The highest BCUT2D eigenvalue weighted by Crippen LogP contribution is 2.54. The van der Waals surface area contributed by atoms with E-state index in [1.807, 2.05) is 30.3 Å². The SMILES string of the molecule is CCP(=O)(O)C(C)c1ccccc1.[AlH3]. The second kappa shape index (κ2) is 5.73. The Bertz CT molecular complexity index is 313. The molecule has 14 heavy (non-hydrogen) atoms. The third-order valence-electron chi connectivity index (χ3n) is 2.34. The summed E-state index contributed by atoms with van der Waals surface area (Å²) in [5, 5.41) is 0. The number of rotatable bonds is 3. The molecule has 2 nitrogen and oxygen atoms in total. The van der Waals surface area contributed by atoms with Crippen molar-refractivity contribution in [2.45, 2.75) is 19.5 Å². The quantitative estimate of drug-likeness (QED) is 0.633. The highest BCUT2D eigenvalue weighted by atomic mass is 31.2. The van der Waals surface area contributed by atoms with Crippen LogP contribution in [-0.2, 0) is 4.57 Å². The molecule has 1 rings (SSSR count). The Morgan fingerprint density at radius 3 is 2.29 bits per heavy atom. The van der Waals surface area contributed by atoms with E-state index in [9.17, 15) is 9.46 Å². The number of benzene rings is 1. The zero-order chi connectivity index (χ0) is 9.90. The van der Waals surface area contributed by atoms with Gasteiger partial charge >= 0.3 is 0 Å². The fourth-order valence-corrected chi connectivity index (χ4v) is 2.42. The molecule has 1 N–H and O–H groups in total. The van der Waals surface area contributed by atoms with E-state index in [0.717, 1.165) is 5.56 Å². The summed E-state index contributed by atoms with van der Waals surface area (Å²) in [7, 11) is -2.99. The summed E-state index contributed by atoms with van der Waals surface area (Å²) in [5.74, 6) is 0. The van der Waals surface area contributed by atoms with Gasteiger partial charge in [0.05, 0.1) is 5.66 Å². The molecule has 0 aliphatic rings. The molecule has 0 saturated heterocycles. The molecule has 1 aromatic rings. The van der Waals surface area contributed by atoms with Crippen LogP contribution in [0.2, 0.25) is 0 Å². The van der Waals surface area contributed by atoms with Gasteiger partial charge in [-0.05, 0) is 12.5 Å².